The number of ether oxygens (including phenoxy) is 1. The van der Waals surface area contributed by atoms with Crippen LogP contribution in [-0.2, 0) is 16.2 Å². The van der Waals surface area contributed by atoms with Crippen LogP contribution in [0, 0.1) is 10.1 Å². The molecule has 130 valence electrons. The van der Waals surface area contributed by atoms with E-state index in [0.717, 1.165) is 10.6 Å². The van der Waals surface area contributed by atoms with Crippen molar-refractivity contribution in [1.82, 2.24) is 5.06 Å². The standard InChI is InChI=1S/C17H16N2O6/c20-16-10-15(13-6-8-14(9-7-13)19(22)23)18(25-16)17(21)24-11-12-4-2-1-3-5-12/h1-9,15-16,20H,10-11H2/t15-,16-/m0/s1. The third-order valence-corrected chi connectivity index (χ3v) is 3.82. The van der Waals surface area contributed by atoms with E-state index in [2.05, 4.69) is 0 Å². The Morgan fingerprint density at radius 2 is 1.92 bits per heavy atom. The lowest BCUT2D eigenvalue weighted by Crippen LogP contribution is -2.30. The van der Waals surface area contributed by atoms with Crippen molar-refractivity contribution in [3.05, 3.63) is 75.8 Å². The number of carbonyl (C=O) groups is 1. The molecule has 0 spiro atoms. The largest absolute Gasteiger partial charge is 0.443 e. The number of non-ortho nitro benzene ring substituents is 1. The third-order valence-electron chi connectivity index (χ3n) is 3.82. The van der Waals surface area contributed by atoms with Crippen molar-refractivity contribution < 1.29 is 24.4 Å². The van der Waals surface area contributed by atoms with Crippen molar-refractivity contribution in [2.45, 2.75) is 25.4 Å². The number of benzene rings is 2. The highest BCUT2D eigenvalue weighted by Gasteiger charge is 2.38. The van der Waals surface area contributed by atoms with Gasteiger partial charge in [-0.2, -0.15) is 5.06 Å². The zero-order valence-corrected chi connectivity index (χ0v) is 13.1. The summed E-state index contributed by atoms with van der Waals surface area (Å²) in [6.45, 7) is 0.0720. The van der Waals surface area contributed by atoms with Gasteiger partial charge in [-0.05, 0) is 11.1 Å². The molecular weight excluding hydrogens is 328 g/mol. The second-order valence-corrected chi connectivity index (χ2v) is 5.53. The molecule has 8 heteroatoms. The van der Waals surface area contributed by atoms with Crippen LogP contribution >= 0.6 is 0 Å². The Balaban J connectivity index is 1.70. The summed E-state index contributed by atoms with van der Waals surface area (Å²) in [6, 6.07) is 14.3. The van der Waals surface area contributed by atoms with Gasteiger partial charge in [0.05, 0.1) is 11.0 Å². The fourth-order valence-electron chi connectivity index (χ4n) is 2.58. The van der Waals surface area contributed by atoms with Crippen LogP contribution in [0.5, 0.6) is 0 Å². The number of hydrogen-bond acceptors (Lipinski definition) is 6. The Morgan fingerprint density at radius 3 is 2.56 bits per heavy atom. The number of hydroxylamine groups is 2. The topological polar surface area (TPSA) is 102 Å². The van der Waals surface area contributed by atoms with Crippen molar-refractivity contribution in [2.24, 2.45) is 0 Å². The first-order valence-electron chi connectivity index (χ1n) is 7.63. The van der Waals surface area contributed by atoms with Gasteiger partial charge in [0.2, 0.25) is 0 Å². The minimum absolute atomic E-state index is 0.0542. The number of carbonyl (C=O) groups excluding carboxylic acids is 1. The molecule has 1 N–H and O–H groups in total. The van der Waals surface area contributed by atoms with Crippen LogP contribution in [0.15, 0.2) is 54.6 Å². The molecule has 0 saturated carbocycles. The maximum atomic E-state index is 12.3. The second-order valence-electron chi connectivity index (χ2n) is 5.53. The molecule has 2 aromatic rings. The predicted octanol–water partition coefficient (Wildman–Crippen LogP) is 2.93. The first kappa shape index (κ1) is 16.9. The molecule has 1 heterocycles. The van der Waals surface area contributed by atoms with E-state index >= 15 is 0 Å². The van der Waals surface area contributed by atoms with Gasteiger partial charge in [0, 0.05) is 18.6 Å². The van der Waals surface area contributed by atoms with Gasteiger partial charge in [0.25, 0.3) is 5.69 Å². The molecule has 3 rings (SSSR count). The molecule has 0 bridgehead atoms. The second kappa shape index (κ2) is 7.29. The lowest BCUT2D eigenvalue weighted by molar-refractivity contribution is -0.384. The van der Waals surface area contributed by atoms with Crippen molar-refractivity contribution >= 4 is 11.8 Å². The molecule has 1 aliphatic rings. The molecule has 2 aromatic carbocycles. The number of nitro benzene ring substituents is 1. The normalized spacial score (nSPS) is 19.6. The van der Waals surface area contributed by atoms with E-state index in [0.29, 0.717) is 5.56 Å². The van der Waals surface area contributed by atoms with Crippen molar-refractivity contribution in [3.8, 4) is 0 Å². The van der Waals surface area contributed by atoms with Gasteiger partial charge in [-0.1, -0.05) is 42.5 Å². The summed E-state index contributed by atoms with van der Waals surface area (Å²) in [5, 5.41) is 21.4. The summed E-state index contributed by atoms with van der Waals surface area (Å²) >= 11 is 0. The molecule has 0 radical (unpaired) electrons. The Bertz CT molecular complexity index is 749. The average molecular weight is 344 g/mol. The zero-order valence-electron chi connectivity index (χ0n) is 13.1. The molecule has 1 saturated heterocycles. The quantitative estimate of drug-likeness (QED) is 0.676. The Morgan fingerprint density at radius 1 is 1.24 bits per heavy atom. The van der Waals surface area contributed by atoms with Gasteiger partial charge in [-0.3, -0.25) is 10.1 Å². The van der Waals surface area contributed by atoms with E-state index in [4.69, 9.17) is 9.57 Å². The third kappa shape index (κ3) is 3.93. The minimum Gasteiger partial charge on any atom is -0.443 e. The molecule has 1 amide bonds. The molecule has 0 unspecified atom stereocenters. The van der Waals surface area contributed by atoms with Gasteiger partial charge in [0.15, 0.2) is 6.29 Å². The maximum absolute atomic E-state index is 12.3. The van der Waals surface area contributed by atoms with Crippen LogP contribution in [-0.4, -0.2) is 27.5 Å². The van der Waals surface area contributed by atoms with Crippen LogP contribution in [0.4, 0.5) is 10.5 Å². The molecule has 25 heavy (non-hydrogen) atoms. The number of hydrogen-bond donors (Lipinski definition) is 1. The van der Waals surface area contributed by atoms with Crippen LogP contribution in [0.25, 0.3) is 0 Å². The van der Waals surface area contributed by atoms with Crippen LogP contribution in [0.2, 0.25) is 0 Å². The number of amides is 1. The fraction of sp³-hybridized carbons (Fsp3) is 0.235. The van der Waals surface area contributed by atoms with Gasteiger partial charge < -0.3 is 9.84 Å². The van der Waals surface area contributed by atoms with Gasteiger partial charge in [0.1, 0.15) is 6.61 Å². The summed E-state index contributed by atoms with van der Waals surface area (Å²) < 4.78 is 5.22. The Hall–Kier alpha value is -2.97. The van der Waals surface area contributed by atoms with Crippen molar-refractivity contribution in [2.75, 3.05) is 0 Å². The van der Waals surface area contributed by atoms with E-state index in [1.165, 1.54) is 24.3 Å². The highest BCUT2D eigenvalue weighted by Crippen LogP contribution is 2.34. The summed E-state index contributed by atoms with van der Waals surface area (Å²) in [4.78, 5) is 27.6. The lowest BCUT2D eigenvalue weighted by Gasteiger charge is -2.21. The molecule has 2 atom stereocenters. The molecule has 1 aliphatic heterocycles. The molecule has 8 nitrogen and oxygen atoms in total. The number of aliphatic hydroxyl groups is 1. The predicted molar refractivity (Wildman–Crippen MR) is 86.0 cm³/mol. The smallest absolute Gasteiger partial charge is 0.434 e. The number of rotatable bonds is 4. The Kier molecular flexibility index (Phi) is 4.92. The fourth-order valence-corrected chi connectivity index (χ4v) is 2.58. The molecular formula is C17H16N2O6. The Labute approximate surface area is 143 Å². The number of aliphatic hydroxyl groups excluding tert-OH is 1. The van der Waals surface area contributed by atoms with E-state index < -0.39 is 23.3 Å². The molecule has 0 aliphatic carbocycles. The number of nitrogens with zero attached hydrogens (tertiary/aromatic N) is 2. The van der Waals surface area contributed by atoms with Gasteiger partial charge in [-0.15, -0.1) is 0 Å². The van der Waals surface area contributed by atoms with Crippen molar-refractivity contribution in [3.63, 3.8) is 0 Å². The highest BCUT2D eigenvalue weighted by atomic mass is 16.8. The molecule has 1 fully saturated rings. The van der Waals surface area contributed by atoms with E-state index in [1.807, 2.05) is 30.3 Å². The van der Waals surface area contributed by atoms with Crippen molar-refractivity contribution in [1.29, 1.82) is 0 Å². The van der Waals surface area contributed by atoms with Gasteiger partial charge >= 0.3 is 6.09 Å². The van der Waals surface area contributed by atoms with Crippen LogP contribution in [0.3, 0.4) is 0 Å². The minimum atomic E-state index is -1.15. The maximum Gasteiger partial charge on any atom is 0.434 e. The first-order valence-corrected chi connectivity index (χ1v) is 7.63. The van der Waals surface area contributed by atoms with E-state index in [9.17, 15) is 20.0 Å². The first-order chi connectivity index (χ1) is 12.0. The van der Waals surface area contributed by atoms with Crippen LogP contribution in [0.1, 0.15) is 23.6 Å². The van der Waals surface area contributed by atoms with E-state index in [-0.39, 0.29) is 18.7 Å². The monoisotopic (exact) mass is 344 g/mol. The molecule has 0 aromatic heterocycles. The van der Waals surface area contributed by atoms with Crippen LogP contribution < -0.4 is 0 Å². The van der Waals surface area contributed by atoms with Gasteiger partial charge in [-0.25, -0.2) is 9.63 Å². The zero-order chi connectivity index (χ0) is 17.8. The average Bonchev–Trinajstić information content (AvgIpc) is 3.02. The SMILES string of the molecule is O=C(OCc1ccccc1)N1O[C@H](O)C[C@H]1c1ccc([N+](=O)[O-])cc1. The highest BCUT2D eigenvalue weighted by molar-refractivity contribution is 5.67. The summed E-state index contributed by atoms with van der Waals surface area (Å²) in [5.41, 5.74) is 1.38. The number of nitro groups is 1. The summed E-state index contributed by atoms with van der Waals surface area (Å²) in [7, 11) is 0. The summed E-state index contributed by atoms with van der Waals surface area (Å²) in [6.07, 6.45) is -1.73. The summed E-state index contributed by atoms with van der Waals surface area (Å²) in [5.74, 6) is 0. The van der Waals surface area contributed by atoms with E-state index in [1.54, 1.807) is 0 Å². The lowest BCUT2D eigenvalue weighted by atomic mass is 10.0.